The number of rotatable bonds is 5. The maximum atomic E-state index is 12.1. The van der Waals surface area contributed by atoms with Crippen molar-refractivity contribution in [2.75, 3.05) is 11.9 Å². The molecule has 0 saturated heterocycles. The summed E-state index contributed by atoms with van der Waals surface area (Å²) in [4.78, 5) is 12.1. The maximum Gasteiger partial charge on any atom is 0.255 e. The van der Waals surface area contributed by atoms with E-state index in [1.54, 1.807) is 38.1 Å². The average Bonchev–Trinajstić information content (AvgIpc) is 2.46. The molecule has 0 aromatic heterocycles. The molecule has 0 unspecified atom stereocenters. The largest absolute Gasteiger partial charge is 0.491 e. The number of para-hydroxylation sites is 1. The van der Waals surface area contributed by atoms with Gasteiger partial charge < -0.3 is 15.2 Å². The van der Waals surface area contributed by atoms with Gasteiger partial charge in [0.2, 0.25) is 0 Å². The summed E-state index contributed by atoms with van der Waals surface area (Å²) in [6, 6.07) is 16.1. The van der Waals surface area contributed by atoms with Crippen LogP contribution in [-0.4, -0.2) is 23.2 Å². The number of benzene rings is 2. The van der Waals surface area contributed by atoms with Crippen molar-refractivity contribution < 1.29 is 14.6 Å². The maximum absolute atomic E-state index is 12.1. The number of carbonyl (C=O) groups is 1. The van der Waals surface area contributed by atoms with E-state index >= 15 is 0 Å². The third-order valence-electron chi connectivity index (χ3n) is 2.74. The fraction of sp³-hybridized carbons (Fsp3) is 0.235. The van der Waals surface area contributed by atoms with Crippen LogP contribution < -0.4 is 10.1 Å². The topological polar surface area (TPSA) is 58.6 Å². The van der Waals surface area contributed by atoms with Gasteiger partial charge in [-0.3, -0.25) is 4.79 Å². The predicted molar refractivity (Wildman–Crippen MR) is 82.6 cm³/mol. The summed E-state index contributed by atoms with van der Waals surface area (Å²) in [6.45, 7) is 3.55. The van der Waals surface area contributed by atoms with Crippen LogP contribution in [-0.2, 0) is 0 Å². The summed E-state index contributed by atoms with van der Waals surface area (Å²) in [6.07, 6.45) is 0. The first-order valence-corrected chi connectivity index (χ1v) is 6.76. The molecule has 110 valence electrons. The van der Waals surface area contributed by atoms with Gasteiger partial charge in [0.1, 0.15) is 12.4 Å². The van der Waals surface area contributed by atoms with E-state index in [1.807, 2.05) is 30.3 Å². The number of anilines is 1. The molecule has 4 heteroatoms. The lowest BCUT2D eigenvalue weighted by Gasteiger charge is -2.17. The van der Waals surface area contributed by atoms with Crippen molar-refractivity contribution in [2.24, 2.45) is 0 Å². The van der Waals surface area contributed by atoms with Crippen LogP contribution in [0.3, 0.4) is 0 Å². The number of aliphatic hydroxyl groups is 1. The van der Waals surface area contributed by atoms with Gasteiger partial charge in [0.05, 0.1) is 5.60 Å². The van der Waals surface area contributed by atoms with Gasteiger partial charge in [-0.2, -0.15) is 0 Å². The molecule has 0 aliphatic carbocycles. The minimum absolute atomic E-state index is 0.171. The SMILES string of the molecule is CC(C)(O)COc1ccc(C(=O)Nc2ccccc2)cc1. The molecule has 0 spiro atoms. The Hall–Kier alpha value is -2.33. The Bertz CT molecular complexity index is 586. The smallest absolute Gasteiger partial charge is 0.255 e. The summed E-state index contributed by atoms with van der Waals surface area (Å²) < 4.78 is 5.44. The molecule has 0 heterocycles. The normalized spacial score (nSPS) is 11.0. The molecule has 0 saturated carbocycles. The Morgan fingerprint density at radius 2 is 1.71 bits per heavy atom. The highest BCUT2D eigenvalue weighted by Crippen LogP contribution is 2.15. The third kappa shape index (κ3) is 4.93. The van der Waals surface area contributed by atoms with Gasteiger partial charge in [-0.15, -0.1) is 0 Å². The van der Waals surface area contributed by atoms with Crippen LogP contribution in [0.1, 0.15) is 24.2 Å². The highest BCUT2D eigenvalue weighted by atomic mass is 16.5. The molecule has 2 aromatic carbocycles. The zero-order valence-corrected chi connectivity index (χ0v) is 12.2. The summed E-state index contributed by atoms with van der Waals surface area (Å²) in [5.41, 5.74) is 0.419. The Morgan fingerprint density at radius 1 is 1.10 bits per heavy atom. The van der Waals surface area contributed by atoms with Crippen LogP contribution in [0.25, 0.3) is 0 Å². The van der Waals surface area contributed by atoms with Crippen molar-refractivity contribution in [3.05, 3.63) is 60.2 Å². The Morgan fingerprint density at radius 3 is 2.29 bits per heavy atom. The fourth-order valence-electron chi connectivity index (χ4n) is 1.69. The summed E-state index contributed by atoms with van der Waals surface area (Å²) in [7, 11) is 0. The quantitative estimate of drug-likeness (QED) is 0.887. The first-order valence-electron chi connectivity index (χ1n) is 6.76. The Labute approximate surface area is 124 Å². The van der Waals surface area contributed by atoms with Gasteiger partial charge >= 0.3 is 0 Å². The van der Waals surface area contributed by atoms with Crippen LogP contribution in [0.4, 0.5) is 5.69 Å². The van der Waals surface area contributed by atoms with Crippen LogP contribution in [0.15, 0.2) is 54.6 Å². The van der Waals surface area contributed by atoms with Crippen molar-refractivity contribution in [1.82, 2.24) is 0 Å². The first kappa shape index (κ1) is 15.1. The second-order valence-corrected chi connectivity index (χ2v) is 5.45. The molecule has 0 fully saturated rings. The van der Waals surface area contributed by atoms with E-state index < -0.39 is 5.60 Å². The number of hydrogen-bond acceptors (Lipinski definition) is 3. The van der Waals surface area contributed by atoms with E-state index in [-0.39, 0.29) is 12.5 Å². The molecule has 1 amide bonds. The van der Waals surface area contributed by atoms with Crippen molar-refractivity contribution in [1.29, 1.82) is 0 Å². The van der Waals surface area contributed by atoms with E-state index in [2.05, 4.69) is 5.32 Å². The molecule has 0 radical (unpaired) electrons. The van der Waals surface area contributed by atoms with Gasteiger partial charge in [-0.25, -0.2) is 0 Å². The second-order valence-electron chi connectivity index (χ2n) is 5.45. The highest BCUT2D eigenvalue weighted by Gasteiger charge is 2.13. The van der Waals surface area contributed by atoms with Crippen molar-refractivity contribution in [3.8, 4) is 5.75 Å². The highest BCUT2D eigenvalue weighted by molar-refractivity contribution is 6.04. The number of carbonyl (C=O) groups excluding carboxylic acids is 1. The van der Waals surface area contributed by atoms with Gasteiger partial charge in [0.25, 0.3) is 5.91 Å². The van der Waals surface area contributed by atoms with Crippen LogP contribution in [0.2, 0.25) is 0 Å². The van der Waals surface area contributed by atoms with Gasteiger partial charge in [0, 0.05) is 11.3 Å². The second kappa shape index (κ2) is 6.41. The lowest BCUT2D eigenvalue weighted by Crippen LogP contribution is -2.27. The molecule has 2 aromatic rings. The average molecular weight is 285 g/mol. The zero-order chi connectivity index (χ0) is 15.3. The molecule has 0 atom stereocenters. The minimum atomic E-state index is -0.886. The summed E-state index contributed by atoms with van der Waals surface area (Å²) in [5.74, 6) is 0.448. The van der Waals surface area contributed by atoms with Crippen LogP contribution >= 0.6 is 0 Å². The standard InChI is InChI=1S/C17H19NO3/c1-17(2,20)12-21-15-10-8-13(9-11-15)16(19)18-14-6-4-3-5-7-14/h3-11,20H,12H2,1-2H3,(H,18,19). The molecule has 0 bridgehead atoms. The van der Waals surface area contributed by atoms with E-state index in [9.17, 15) is 9.90 Å². The van der Waals surface area contributed by atoms with E-state index in [1.165, 1.54) is 0 Å². The number of amides is 1. The summed E-state index contributed by atoms with van der Waals surface area (Å²) >= 11 is 0. The summed E-state index contributed by atoms with van der Waals surface area (Å²) in [5, 5.41) is 12.4. The number of nitrogens with one attached hydrogen (secondary N) is 1. The fourth-order valence-corrected chi connectivity index (χ4v) is 1.69. The van der Waals surface area contributed by atoms with Crippen LogP contribution in [0.5, 0.6) is 5.75 Å². The molecule has 0 aliphatic rings. The van der Waals surface area contributed by atoms with Gasteiger partial charge in [-0.05, 0) is 50.2 Å². The van der Waals surface area contributed by atoms with Gasteiger partial charge in [-0.1, -0.05) is 18.2 Å². The number of hydrogen-bond donors (Lipinski definition) is 2. The Balaban J connectivity index is 1.97. The van der Waals surface area contributed by atoms with Crippen molar-refractivity contribution in [3.63, 3.8) is 0 Å². The third-order valence-corrected chi connectivity index (χ3v) is 2.74. The van der Waals surface area contributed by atoms with E-state index in [4.69, 9.17) is 4.74 Å². The Kier molecular flexibility index (Phi) is 4.60. The predicted octanol–water partition coefficient (Wildman–Crippen LogP) is 3.09. The van der Waals surface area contributed by atoms with E-state index in [0.29, 0.717) is 11.3 Å². The number of ether oxygens (including phenoxy) is 1. The van der Waals surface area contributed by atoms with Gasteiger partial charge in [0.15, 0.2) is 0 Å². The molecule has 0 aliphatic heterocycles. The lowest BCUT2D eigenvalue weighted by molar-refractivity contribution is 0.0285. The first-order chi connectivity index (χ1) is 9.94. The molecule has 2 N–H and O–H groups in total. The zero-order valence-electron chi connectivity index (χ0n) is 12.2. The van der Waals surface area contributed by atoms with E-state index in [0.717, 1.165) is 5.69 Å². The van der Waals surface area contributed by atoms with Crippen molar-refractivity contribution in [2.45, 2.75) is 19.4 Å². The lowest BCUT2D eigenvalue weighted by atomic mass is 10.1. The molecule has 2 rings (SSSR count). The molecular formula is C17H19NO3. The molecular weight excluding hydrogens is 266 g/mol. The molecule has 21 heavy (non-hydrogen) atoms. The monoisotopic (exact) mass is 285 g/mol. The minimum Gasteiger partial charge on any atom is -0.491 e. The molecule has 4 nitrogen and oxygen atoms in total. The van der Waals surface area contributed by atoms with Crippen molar-refractivity contribution >= 4 is 11.6 Å². The van der Waals surface area contributed by atoms with Crippen LogP contribution in [0, 0.1) is 0 Å².